The van der Waals surface area contributed by atoms with E-state index in [4.69, 9.17) is 4.74 Å². The Hall–Kier alpha value is -2.73. The SMILES string of the molecule is COC(=O)C1CN(Cc2ccccc2)CC1c1cnc2c(c1)ncn2C. The van der Waals surface area contributed by atoms with E-state index in [1.165, 1.54) is 12.7 Å². The number of esters is 1. The third-order valence-corrected chi connectivity index (χ3v) is 5.15. The summed E-state index contributed by atoms with van der Waals surface area (Å²) in [5.74, 6) is -0.288. The average molecular weight is 350 g/mol. The fraction of sp³-hybridized carbons (Fsp3) is 0.350. The van der Waals surface area contributed by atoms with Gasteiger partial charge in [0, 0.05) is 38.8 Å². The van der Waals surface area contributed by atoms with E-state index in [1.54, 1.807) is 6.33 Å². The molecule has 0 bridgehead atoms. The standard InChI is InChI=1S/C20H22N4O2/c1-23-13-22-18-8-15(9-21-19(18)23)16-11-24(12-17(16)20(25)26-2)10-14-6-4-3-5-7-14/h3-9,13,16-17H,10-12H2,1-2H3. The van der Waals surface area contributed by atoms with Gasteiger partial charge < -0.3 is 9.30 Å². The second-order valence-electron chi connectivity index (χ2n) is 6.88. The number of likely N-dealkylation sites (tertiary alicyclic amines) is 1. The minimum absolute atomic E-state index is 0.0602. The van der Waals surface area contributed by atoms with Crippen LogP contribution in [0.15, 0.2) is 48.9 Å². The molecule has 1 saturated heterocycles. The molecule has 0 amide bonds. The minimum Gasteiger partial charge on any atom is -0.469 e. The molecular weight excluding hydrogens is 328 g/mol. The number of benzene rings is 1. The first-order chi connectivity index (χ1) is 12.7. The number of aryl methyl sites for hydroxylation is 1. The molecule has 1 aliphatic heterocycles. The quantitative estimate of drug-likeness (QED) is 0.676. The van der Waals surface area contributed by atoms with Gasteiger partial charge in [-0.1, -0.05) is 30.3 Å². The predicted octanol–water partition coefficient (Wildman–Crippen LogP) is 2.36. The van der Waals surface area contributed by atoms with E-state index < -0.39 is 0 Å². The van der Waals surface area contributed by atoms with Crippen LogP contribution in [0.2, 0.25) is 0 Å². The zero-order chi connectivity index (χ0) is 18.1. The summed E-state index contributed by atoms with van der Waals surface area (Å²) in [4.78, 5) is 23.6. The summed E-state index contributed by atoms with van der Waals surface area (Å²) < 4.78 is 6.97. The van der Waals surface area contributed by atoms with E-state index >= 15 is 0 Å². The summed E-state index contributed by atoms with van der Waals surface area (Å²) in [6, 6.07) is 12.4. The third kappa shape index (κ3) is 3.08. The number of fused-ring (bicyclic) bond motifs is 1. The van der Waals surface area contributed by atoms with Crippen molar-refractivity contribution in [2.45, 2.75) is 12.5 Å². The lowest BCUT2D eigenvalue weighted by Gasteiger charge is -2.16. The maximum Gasteiger partial charge on any atom is 0.310 e. The summed E-state index contributed by atoms with van der Waals surface area (Å²) in [6.45, 7) is 2.31. The lowest BCUT2D eigenvalue weighted by atomic mass is 9.90. The lowest BCUT2D eigenvalue weighted by Crippen LogP contribution is -2.24. The van der Waals surface area contributed by atoms with Crippen molar-refractivity contribution >= 4 is 17.1 Å². The number of aromatic nitrogens is 3. The van der Waals surface area contributed by atoms with Gasteiger partial charge in [-0.3, -0.25) is 9.69 Å². The Morgan fingerprint density at radius 2 is 2.04 bits per heavy atom. The van der Waals surface area contributed by atoms with Gasteiger partial charge in [-0.2, -0.15) is 0 Å². The van der Waals surface area contributed by atoms with Crippen LogP contribution in [-0.4, -0.2) is 45.6 Å². The summed E-state index contributed by atoms with van der Waals surface area (Å²) in [7, 11) is 3.38. The number of nitrogens with zero attached hydrogens (tertiary/aromatic N) is 4. The molecule has 26 heavy (non-hydrogen) atoms. The van der Waals surface area contributed by atoms with Crippen molar-refractivity contribution in [3.05, 3.63) is 60.0 Å². The molecule has 0 aliphatic carbocycles. The number of hydrogen-bond donors (Lipinski definition) is 0. The first-order valence-corrected chi connectivity index (χ1v) is 8.77. The molecule has 6 heteroatoms. The van der Waals surface area contributed by atoms with E-state index in [0.717, 1.165) is 29.8 Å². The van der Waals surface area contributed by atoms with Crippen LogP contribution < -0.4 is 0 Å². The number of hydrogen-bond acceptors (Lipinski definition) is 5. The van der Waals surface area contributed by atoms with Gasteiger partial charge >= 0.3 is 5.97 Å². The fourth-order valence-corrected chi connectivity index (χ4v) is 3.82. The van der Waals surface area contributed by atoms with Gasteiger partial charge in [-0.25, -0.2) is 9.97 Å². The van der Waals surface area contributed by atoms with Crippen molar-refractivity contribution in [1.29, 1.82) is 0 Å². The summed E-state index contributed by atoms with van der Waals surface area (Å²) in [6.07, 6.45) is 3.63. The number of carbonyl (C=O) groups is 1. The second-order valence-corrected chi connectivity index (χ2v) is 6.88. The van der Waals surface area contributed by atoms with Crippen LogP contribution in [0.3, 0.4) is 0 Å². The van der Waals surface area contributed by atoms with Crippen LogP contribution in [0, 0.1) is 5.92 Å². The average Bonchev–Trinajstić information content (AvgIpc) is 3.25. The first-order valence-electron chi connectivity index (χ1n) is 8.77. The molecule has 1 aliphatic rings. The molecule has 2 atom stereocenters. The van der Waals surface area contributed by atoms with Crippen molar-refractivity contribution in [3.8, 4) is 0 Å². The van der Waals surface area contributed by atoms with Crippen LogP contribution in [0.1, 0.15) is 17.0 Å². The molecule has 0 N–H and O–H groups in total. The van der Waals surface area contributed by atoms with Crippen molar-refractivity contribution < 1.29 is 9.53 Å². The lowest BCUT2D eigenvalue weighted by molar-refractivity contribution is -0.145. The van der Waals surface area contributed by atoms with E-state index in [1.807, 2.05) is 36.0 Å². The first kappa shape index (κ1) is 16.7. The molecule has 0 spiro atoms. The van der Waals surface area contributed by atoms with Crippen molar-refractivity contribution in [1.82, 2.24) is 19.4 Å². The predicted molar refractivity (Wildman–Crippen MR) is 98.5 cm³/mol. The maximum absolute atomic E-state index is 12.4. The zero-order valence-electron chi connectivity index (χ0n) is 15.0. The smallest absolute Gasteiger partial charge is 0.310 e. The Bertz CT molecular complexity index is 922. The zero-order valence-corrected chi connectivity index (χ0v) is 15.0. The van der Waals surface area contributed by atoms with Gasteiger partial charge in [0.15, 0.2) is 5.65 Å². The summed E-state index contributed by atoms with van der Waals surface area (Å²) in [5.41, 5.74) is 4.00. The van der Waals surface area contributed by atoms with Crippen molar-refractivity contribution in [2.24, 2.45) is 13.0 Å². The molecule has 0 radical (unpaired) electrons. The molecule has 1 aromatic carbocycles. The number of pyridine rings is 1. The summed E-state index contributed by atoms with van der Waals surface area (Å²) in [5, 5.41) is 0. The Morgan fingerprint density at radius 1 is 1.23 bits per heavy atom. The van der Waals surface area contributed by atoms with E-state index in [9.17, 15) is 4.79 Å². The highest BCUT2D eigenvalue weighted by Crippen LogP contribution is 2.34. The van der Waals surface area contributed by atoms with E-state index in [-0.39, 0.29) is 17.8 Å². The Labute approximate surface area is 152 Å². The number of carbonyl (C=O) groups excluding carboxylic acids is 1. The highest BCUT2D eigenvalue weighted by atomic mass is 16.5. The maximum atomic E-state index is 12.4. The minimum atomic E-state index is -0.188. The van der Waals surface area contributed by atoms with Crippen LogP contribution in [-0.2, 0) is 23.1 Å². The van der Waals surface area contributed by atoms with Gasteiger partial charge in [-0.15, -0.1) is 0 Å². The number of imidazole rings is 1. The van der Waals surface area contributed by atoms with Crippen LogP contribution in [0.5, 0.6) is 0 Å². The second kappa shape index (κ2) is 6.88. The van der Waals surface area contributed by atoms with Crippen molar-refractivity contribution in [3.63, 3.8) is 0 Å². The third-order valence-electron chi connectivity index (χ3n) is 5.15. The number of methoxy groups -OCH3 is 1. The largest absolute Gasteiger partial charge is 0.469 e. The topological polar surface area (TPSA) is 60.2 Å². The molecule has 6 nitrogen and oxygen atoms in total. The Balaban J connectivity index is 1.61. The van der Waals surface area contributed by atoms with Gasteiger partial charge in [0.1, 0.15) is 5.52 Å². The molecule has 4 rings (SSSR count). The molecule has 0 saturated carbocycles. The highest BCUT2D eigenvalue weighted by molar-refractivity contribution is 5.76. The number of ether oxygens (including phenoxy) is 1. The van der Waals surface area contributed by atoms with E-state index in [2.05, 4.69) is 33.1 Å². The summed E-state index contributed by atoms with van der Waals surface area (Å²) >= 11 is 0. The Kier molecular flexibility index (Phi) is 4.42. The van der Waals surface area contributed by atoms with E-state index in [0.29, 0.717) is 6.54 Å². The highest BCUT2D eigenvalue weighted by Gasteiger charge is 2.39. The fourth-order valence-electron chi connectivity index (χ4n) is 3.82. The molecule has 3 aromatic rings. The van der Waals surface area contributed by atoms with Gasteiger partial charge in [-0.05, 0) is 17.2 Å². The van der Waals surface area contributed by atoms with Gasteiger partial charge in [0.2, 0.25) is 0 Å². The molecule has 2 aromatic heterocycles. The van der Waals surface area contributed by atoms with Crippen LogP contribution in [0.4, 0.5) is 0 Å². The molecule has 2 unspecified atom stereocenters. The Morgan fingerprint density at radius 3 is 2.81 bits per heavy atom. The normalized spacial score (nSPS) is 20.5. The van der Waals surface area contributed by atoms with Gasteiger partial charge in [0.05, 0.1) is 19.4 Å². The number of rotatable bonds is 4. The monoisotopic (exact) mass is 350 g/mol. The molecule has 3 heterocycles. The van der Waals surface area contributed by atoms with Gasteiger partial charge in [0.25, 0.3) is 0 Å². The molecule has 1 fully saturated rings. The van der Waals surface area contributed by atoms with Crippen molar-refractivity contribution in [2.75, 3.05) is 20.2 Å². The van der Waals surface area contributed by atoms with Crippen LogP contribution in [0.25, 0.3) is 11.2 Å². The van der Waals surface area contributed by atoms with Crippen LogP contribution >= 0.6 is 0 Å². The molecular formula is C20H22N4O2. The molecule has 134 valence electrons.